The van der Waals surface area contributed by atoms with Gasteiger partial charge in [-0.05, 0) is 25.3 Å². The van der Waals surface area contributed by atoms with Gasteiger partial charge >= 0.3 is 0 Å². The van der Waals surface area contributed by atoms with Crippen molar-refractivity contribution in [2.24, 2.45) is 0 Å². The lowest BCUT2D eigenvalue weighted by Gasteiger charge is -2.22. The molecule has 1 amide bonds. The molecule has 1 atom stereocenters. The molecule has 0 aliphatic heterocycles. The third kappa shape index (κ3) is 4.58. The molecule has 94 valence electrons. The maximum atomic E-state index is 11.8. The first-order valence-electron chi connectivity index (χ1n) is 5.20. The minimum absolute atomic E-state index is 0.206. The van der Waals surface area contributed by atoms with Gasteiger partial charge in [-0.25, -0.2) is 0 Å². The number of rotatable bonds is 5. The number of benzene rings is 1. The van der Waals surface area contributed by atoms with Crippen LogP contribution < -0.4 is 5.32 Å². The average molecular weight is 274 g/mol. The second kappa shape index (κ2) is 6.28. The molecule has 1 rings (SSSR count). The van der Waals surface area contributed by atoms with Crippen LogP contribution in [0.3, 0.4) is 0 Å². The minimum Gasteiger partial charge on any atom is -0.387 e. The smallest absolute Gasteiger partial charge is 0.252 e. The van der Waals surface area contributed by atoms with Crippen molar-refractivity contribution < 1.29 is 9.90 Å². The van der Waals surface area contributed by atoms with Gasteiger partial charge in [0.15, 0.2) is 0 Å². The molecule has 0 aliphatic rings. The number of hydrogen-bond donors (Lipinski definition) is 2. The molecule has 2 N–H and O–H groups in total. The van der Waals surface area contributed by atoms with Crippen LogP contribution in [0.5, 0.6) is 0 Å². The number of amides is 1. The van der Waals surface area contributed by atoms with E-state index in [1.165, 1.54) is 11.8 Å². The topological polar surface area (TPSA) is 49.3 Å². The third-order valence-corrected chi connectivity index (χ3v) is 3.44. The SMILES string of the molecule is CSCC(C)(O)CNC(=O)c1ccccc1Cl. The monoisotopic (exact) mass is 273 g/mol. The first-order chi connectivity index (χ1) is 7.96. The van der Waals surface area contributed by atoms with Crippen molar-refractivity contribution >= 4 is 29.3 Å². The zero-order valence-corrected chi connectivity index (χ0v) is 11.4. The number of nitrogens with one attached hydrogen (secondary N) is 1. The second-order valence-corrected chi connectivity index (χ2v) is 5.37. The quantitative estimate of drug-likeness (QED) is 0.865. The molecule has 17 heavy (non-hydrogen) atoms. The predicted molar refractivity (Wildman–Crippen MR) is 72.8 cm³/mol. The van der Waals surface area contributed by atoms with E-state index in [4.69, 9.17) is 11.6 Å². The lowest BCUT2D eigenvalue weighted by atomic mass is 10.1. The Morgan fingerprint density at radius 1 is 1.53 bits per heavy atom. The Hall–Kier alpha value is -0.710. The highest BCUT2D eigenvalue weighted by atomic mass is 35.5. The number of halogens is 1. The minimum atomic E-state index is -0.906. The fourth-order valence-electron chi connectivity index (χ4n) is 1.37. The van der Waals surface area contributed by atoms with Crippen LogP contribution in [-0.4, -0.2) is 35.2 Å². The molecule has 0 spiro atoms. The van der Waals surface area contributed by atoms with Gasteiger partial charge in [0.1, 0.15) is 0 Å². The summed E-state index contributed by atoms with van der Waals surface area (Å²) in [5, 5.41) is 13.0. The van der Waals surface area contributed by atoms with Crippen LogP contribution in [0.15, 0.2) is 24.3 Å². The highest BCUT2D eigenvalue weighted by molar-refractivity contribution is 7.98. The van der Waals surface area contributed by atoms with Crippen LogP contribution in [0.4, 0.5) is 0 Å². The Morgan fingerprint density at radius 2 is 2.18 bits per heavy atom. The normalized spacial score (nSPS) is 14.1. The van der Waals surface area contributed by atoms with Gasteiger partial charge in [0, 0.05) is 12.3 Å². The van der Waals surface area contributed by atoms with Gasteiger partial charge in [-0.1, -0.05) is 23.7 Å². The van der Waals surface area contributed by atoms with Gasteiger partial charge in [-0.3, -0.25) is 4.79 Å². The van der Waals surface area contributed by atoms with E-state index in [2.05, 4.69) is 5.32 Å². The number of carbonyl (C=O) groups excluding carboxylic acids is 1. The fourth-order valence-corrected chi connectivity index (χ4v) is 2.32. The van der Waals surface area contributed by atoms with E-state index in [1.807, 2.05) is 6.26 Å². The summed E-state index contributed by atoms with van der Waals surface area (Å²) in [6.07, 6.45) is 1.91. The summed E-state index contributed by atoms with van der Waals surface area (Å²) >= 11 is 7.43. The fraction of sp³-hybridized carbons (Fsp3) is 0.417. The highest BCUT2D eigenvalue weighted by Gasteiger charge is 2.21. The van der Waals surface area contributed by atoms with Crippen LogP contribution in [0, 0.1) is 0 Å². The van der Waals surface area contributed by atoms with Crippen LogP contribution in [0.1, 0.15) is 17.3 Å². The first-order valence-corrected chi connectivity index (χ1v) is 6.97. The molecule has 0 aliphatic carbocycles. The maximum absolute atomic E-state index is 11.8. The standard InChI is InChI=1S/C12H16ClNO2S/c1-12(16,8-17-2)7-14-11(15)9-5-3-4-6-10(9)13/h3-6,16H,7-8H2,1-2H3,(H,14,15). The average Bonchev–Trinajstić information content (AvgIpc) is 2.27. The summed E-state index contributed by atoms with van der Waals surface area (Å²) < 4.78 is 0. The third-order valence-electron chi connectivity index (χ3n) is 2.20. The molecular formula is C12H16ClNO2S. The van der Waals surface area contributed by atoms with Gasteiger partial charge < -0.3 is 10.4 Å². The molecule has 0 saturated carbocycles. The van der Waals surface area contributed by atoms with Gasteiger partial charge in [0.2, 0.25) is 0 Å². The van der Waals surface area contributed by atoms with Crippen molar-refractivity contribution in [2.75, 3.05) is 18.6 Å². The zero-order chi connectivity index (χ0) is 12.9. The molecule has 0 aromatic heterocycles. The molecule has 0 fully saturated rings. The Balaban J connectivity index is 2.59. The molecule has 1 aromatic rings. The van der Waals surface area contributed by atoms with Crippen molar-refractivity contribution in [1.29, 1.82) is 0 Å². The lowest BCUT2D eigenvalue weighted by Crippen LogP contribution is -2.42. The maximum Gasteiger partial charge on any atom is 0.252 e. The Labute approximate surface area is 111 Å². The summed E-state index contributed by atoms with van der Waals surface area (Å²) in [6, 6.07) is 6.83. The van der Waals surface area contributed by atoms with Gasteiger partial charge in [0.25, 0.3) is 5.91 Å². The second-order valence-electron chi connectivity index (χ2n) is 4.09. The van der Waals surface area contributed by atoms with Gasteiger partial charge in [-0.15, -0.1) is 0 Å². The number of aliphatic hydroxyl groups is 1. The summed E-state index contributed by atoms with van der Waals surface area (Å²) in [5.41, 5.74) is -0.481. The molecule has 1 unspecified atom stereocenters. The molecular weight excluding hydrogens is 258 g/mol. The van der Waals surface area contributed by atoms with Gasteiger partial charge in [0.05, 0.1) is 16.2 Å². The Bertz CT molecular complexity index is 396. The predicted octanol–water partition coefficient (Wildman–Crippen LogP) is 2.18. The van der Waals surface area contributed by atoms with Crippen molar-refractivity contribution in [3.63, 3.8) is 0 Å². The Morgan fingerprint density at radius 3 is 2.76 bits per heavy atom. The lowest BCUT2D eigenvalue weighted by molar-refractivity contribution is 0.0725. The van der Waals surface area contributed by atoms with E-state index in [9.17, 15) is 9.90 Å². The summed E-state index contributed by atoms with van der Waals surface area (Å²) in [5.74, 6) is 0.299. The highest BCUT2D eigenvalue weighted by Crippen LogP contribution is 2.15. The van der Waals surface area contributed by atoms with E-state index < -0.39 is 5.60 Å². The molecule has 3 nitrogen and oxygen atoms in total. The molecule has 0 heterocycles. The summed E-state index contributed by atoms with van der Waals surface area (Å²) in [4.78, 5) is 11.8. The van der Waals surface area contributed by atoms with Crippen molar-refractivity contribution in [1.82, 2.24) is 5.32 Å². The van der Waals surface area contributed by atoms with Crippen LogP contribution in [-0.2, 0) is 0 Å². The molecule has 0 radical (unpaired) electrons. The molecule has 5 heteroatoms. The zero-order valence-electron chi connectivity index (χ0n) is 9.87. The van der Waals surface area contributed by atoms with Crippen molar-refractivity contribution in [3.8, 4) is 0 Å². The molecule has 0 bridgehead atoms. The van der Waals surface area contributed by atoms with E-state index in [0.29, 0.717) is 16.3 Å². The number of thioether (sulfide) groups is 1. The van der Waals surface area contributed by atoms with Gasteiger partial charge in [-0.2, -0.15) is 11.8 Å². The molecule has 1 aromatic carbocycles. The number of hydrogen-bond acceptors (Lipinski definition) is 3. The van der Waals surface area contributed by atoms with E-state index in [-0.39, 0.29) is 12.5 Å². The summed E-state index contributed by atoms with van der Waals surface area (Å²) in [6.45, 7) is 1.90. The van der Waals surface area contributed by atoms with Crippen molar-refractivity contribution in [2.45, 2.75) is 12.5 Å². The number of carbonyl (C=O) groups is 1. The first kappa shape index (κ1) is 14.4. The Kier molecular flexibility index (Phi) is 5.31. The van der Waals surface area contributed by atoms with Crippen LogP contribution >= 0.6 is 23.4 Å². The van der Waals surface area contributed by atoms with E-state index in [1.54, 1.807) is 31.2 Å². The summed E-state index contributed by atoms with van der Waals surface area (Å²) in [7, 11) is 0. The van der Waals surface area contributed by atoms with E-state index >= 15 is 0 Å². The van der Waals surface area contributed by atoms with Crippen molar-refractivity contribution in [3.05, 3.63) is 34.9 Å². The van der Waals surface area contributed by atoms with Crippen LogP contribution in [0.25, 0.3) is 0 Å². The van der Waals surface area contributed by atoms with Crippen LogP contribution in [0.2, 0.25) is 5.02 Å². The molecule has 0 saturated heterocycles. The van der Waals surface area contributed by atoms with E-state index in [0.717, 1.165) is 0 Å². The largest absolute Gasteiger partial charge is 0.387 e.